The van der Waals surface area contributed by atoms with E-state index < -0.39 is 0 Å². The maximum absolute atomic E-state index is 12.3. The molecule has 1 aromatic heterocycles. The molecule has 6 heteroatoms. The highest BCUT2D eigenvalue weighted by Gasteiger charge is 2.18. The Morgan fingerprint density at radius 3 is 2.41 bits per heavy atom. The average Bonchev–Trinajstić information content (AvgIpc) is 2.59. The fourth-order valence-electron chi connectivity index (χ4n) is 1.27. The lowest BCUT2D eigenvalue weighted by Crippen LogP contribution is -2.00. The Morgan fingerprint density at radius 2 is 1.88 bits per heavy atom. The smallest absolute Gasteiger partial charge is 0.205 e. The van der Waals surface area contributed by atoms with Gasteiger partial charge in [-0.25, -0.2) is 0 Å². The maximum atomic E-state index is 12.3. The highest BCUT2D eigenvalue weighted by molar-refractivity contribution is 9.13. The SMILES string of the molecule is O=C(c1ccc(Cl)cc1Br)c1scc(Br)c1Br. The molecule has 88 valence electrons. The molecule has 0 aliphatic heterocycles. The lowest BCUT2D eigenvalue weighted by molar-refractivity contribution is 0.104. The highest BCUT2D eigenvalue weighted by Crippen LogP contribution is 2.35. The van der Waals surface area contributed by atoms with Crippen LogP contribution in [-0.4, -0.2) is 5.78 Å². The van der Waals surface area contributed by atoms with Gasteiger partial charge in [0.1, 0.15) is 0 Å². The lowest BCUT2D eigenvalue weighted by atomic mass is 10.1. The lowest BCUT2D eigenvalue weighted by Gasteiger charge is -2.03. The van der Waals surface area contributed by atoms with Gasteiger partial charge in [0, 0.05) is 24.9 Å². The van der Waals surface area contributed by atoms with Crippen LogP contribution in [0.1, 0.15) is 15.2 Å². The van der Waals surface area contributed by atoms with Crippen LogP contribution in [0.3, 0.4) is 0 Å². The molecule has 0 fully saturated rings. The summed E-state index contributed by atoms with van der Waals surface area (Å²) >= 11 is 17.3. The Kier molecular flexibility index (Phi) is 4.47. The summed E-state index contributed by atoms with van der Waals surface area (Å²) in [6, 6.07) is 5.14. The van der Waals surface area contributed by atoms with Crippen molar-refractivity contribution in [1.82, 2.24) is 0 Å². The average molecular weight is 459 g/mol. The summed E-state index contributed by atoms with van der Waals surface area (Å²) in [5.41, 5.74) is 0.601. The van der Waals surface area contributed by atoms with Crippen molar-refractivity contribution in [3.63, 3.8) is 0 Å². The zero-order valence-corrected chi connectivity index (χ0v) is 14.5. The summed E-state index contributed by atoms with van der Waals surface area (Å²) < 4.78 is 2.37. The van der Waals surface area contributed by atoms with Crippen LogP contribution in [0.25, 0.3) is 0 Å². The zero-order valence-electron chi connectivity index (χ0n) is 8.14. The number of carbonyl (C=O) groups is 1. The molecule has 0 aliphatic rings. The first-order chi connectivity index (χ1) is 8.00. The van der Waals surface area contributed by atoms with Gasteiger partial charge in [-0.05, 0) is 66.0 Å². The quantitative estimate of drug-likeness (QED) is 0.510. The number of benzene rings is 1. The van der Waals surface area contributed by atoms with Crippen molar-refractivity contribution in [1.29, 1.82) is 0 Å². The van der Waals surface area contributed by atoms with Gasteiger partial charge in [-0.1, -0.05) is 11.6 Å². The number of carbonyl (C=O) groups excluding carboxylic acids is 1. The van der Waals surface area contributed by atoms with Gasteiger partial charge in [-0.15, -0.1) is 11.3 Å². The van der Waals surface area contributed by atoms with Gasteiger partial charge in [0.25, 0.3) is 0 Å². The van der Waals surface area contributed by atoms with Crippen molar-refractivity contribution < 1.29 is 4.79 Å². The third-order valence-electron chi connectivity index (χ3n) is 2.07. The second-order valence-corrected chi connectivity index (χ2v) is 7.00. The summed E-state index contributed by atoms with van der Waals surface area (Å²) in [7, 11) is 0. The first-order valence-corrected chi connectivity index (χ1v) is 8.06. The van der Waals surface area contributed by atoms with Crippen LogP contribution in [0.2, 0.25) is 5.02 Å². The second kappa shape index (κ2) is 5.53. The number of hydrogen-bond donors (Lipinski definition) is 0. The van der Waals surface area contributed by atoms with Gasteiger partial charge < -0.3 is 0 Å². The Hall–Kier alpha value is 0.320. The molecule has 0 saturated heterocycles. The van der Waals surface area contributed by atoms with Gasteiger partial charge in [-0.2, -0.15) is 0 Å². The van der Waals surface area contributed by atoms with E-state index in [1.54, 1.807) is 18.2 Å². The molecule has 2 rings (SSSR count). The van der Waals surface area contributed by atoms with Crippen LogP contribution < -0.4 is 0 Å². The molecule has 0 aliphatic carbocycles. The van der Waals surface area contributed by atoms with Crippen LogP contribution in [-0.2, 0) is 0 Å². The Bertz CT molecular complexity index is 594. The molecule has 0 unspecified atom stereocenters. The Labute approximate surface area is 133 Å². The van der Waals surface area contributed by atoms with Gasteiger partial charge in [0.05, 0.1) is 9.35 Å². The predicted molar refractivity (Wildman–Crippen MR) is 82.3 cm³/mol. The molecule has 0 spiro atoms. The monoisotopic (exact) mass is 456 g/mol. The van der Waals surface area contributed by atoms with E-state index in [9.17, 15) is 4.79 Å². The molecular formula is C11H4Br3ClOS. The van der Waals surface area contributed by atoms with Crippen molar-refractivity contribution >= 4 is 76.5 Å². The minimum Gasteiger partial charge on any atom is -0.288 e. The summed E-state index contributed by atoms with van der Waals surface area (Å²) in [6.45, 7) is 0. The Morgan fingerprint density at radius 1 is 1.18 bits per heavy atom. The number of halogens is 4. The minimum absolute atomic E-state index is 0.0314. The fraction of sp³-hybridized carbons (Fsp3) is 0. The molecule has 1 heterocycles. The molecule has 0 radical (unpaired) electrons. The van der Waals surface area contributed by atoms with Gasteiger partial charge in [-0.3, -0.25) is 4.79 Å². The molecule has 1 aromatic carbocycles. The maximum Gasteiger partial charge on any atom is 0.205 e. The standard InChI is InChI=1S/C11H4Br3ClOS/c12-7-3-5(15)1-2-6(7)10(16)11-9(14)8(13)4-17-11/h1-4H. The number of ketones is 1. The third kappa shape index (κ3) is 2.84. The van der Waals surface area contributed by atoms with Crippen LogP contribution in [0.5, 0.6) is 0 Å². The largest absolute Gasteiger partial charge is 0.288 e. The molecule has 2 aromatic rings. The topological polar surface area (TPSA) is 17.1 Å². The van der Waals surface area contributed by atoms with E-state index in [0.29, 0.717) is 19.9 Å². The normalized spacial score (nSPS) is 10.6. The van der Waals surface area contributed by atoms with E-state index in [-0.39, 0.29) is 5.78 Å². The van der Waals surface area contributed by atoms with E-state index in [2.05, 4.69) is 47.8 Å². The molecule has 0 amide bonds. The first kappa shape index (κ1) is 13.7. The summed E-state index contributed by atoms with van der Waals surface area (Å²) in [5.74, 6) is -0.0314. The zero-order chi connectivity index (χ0) is 12.6. The fourth-order valence-corrected chi connectivity index (χ4v) is 4.24. The van der Waals surface area contributed by atoms with Crippen molar-refractivity contribution in [2.24, 2.45) is 0 Å². The summed E-state index contributed by atoms with van der Waals surface area (Å²) in [6.07, 6.45) is 0. The van der Waals surface area contributed by atoms with Crippen molar-refractivity contribution in [2.45, 2.75) is 0 Å². The molecule has 0 bridgehead atoms. The number of hydrogen-bond acceptors (Lipinski definition) is 2. The van der Waals surface area contributed by atoms with E-state index in [1.165, 1.54) is 11.3 Å². The van der Waals surface area contributed by atoms with E-state index >= 15 is 0 Å². The molecule has 17 heavy (non-hydrogen) atoms. The van der Waals surface area contributed by atoms with Crippen molar-refractivity contribution in [3.05, 3.63) is 52.5 Å². The molecule has 0 saturated carbocycles. The van der Waals surface area contributed by atoms with Gasteiger partial charge >= 0.3 is 0 Å². The van der Waals surface area contributed by atoms with Crippen molar-refractivity contribution in [2.75, 3.05) is 0 Å². The highest BCUT2D eigenvalue weighted by atomic mass is 79.9. The van der Waals surface area contributed by atoms with Crippen LogP contribution >= 0.6 is 70.7 Å². The van der Waals surface area contributed by atoms with Crippen molar-refractivity contribution in [3.8, 4) is 0 Å². The summed E-state index contributed by atoms with van der Waals surface area (Å²) in [5, 5.41) is 2.47. The number of rotatable bonds is 2. The second-order valence-electron chi connectivity index (χ2n) is 3.18. The van der Waals surface area contributed by atoms with E-state index in [4.69, 9.17) is 11.6 Å². The van der Waals surface area contributed by atoms with Crippen LogP contribution in [0.4, 0.5) is 0 Å². The number of thiophene rings is 1. The van der Waals surface area contributed by atoms with Crippen LogP contribution in [0, 0.1) is 0 Å². The molecule has 0 N–H and O–H groups in total. The predicted octanol–water partition coefficient (Wildman–Crippen LogP) is 5.92. The minimum atomic E-state index is -0.0314. The van der Waals surface area contributed by atoms with E-state index in [1.807, 2.05) is 5.38 Å². The van der Waals surface area contributed by atoms with Gasteiger partial charge in [0.15, 0.2) is 0 Å². The van der Waals surface area contributed by atoms with Gasteiger partial charge in [0.2, 0.25) is 5.78 Å². The third-order valence-corrected chi connectivity index (χ3v) is 6.49. The molecule has 0 atom stereocenters. The Balaban J connectivity index is 2.47. The molecular weight excluding hydrogens is 455 g/mol. The van der Waals surface area contributed by atoms with Crippen LogP contribution in [0.15, 0.2) is 37.0 Å². The molecule has 1 nitrogen and oxygen atoms in total. The first-order valence-electron chi connectivity index (χ1n) is 4.43. The summed E-state index contributed by atoms with van der Waals surface area (Å²) in [4.78, 5) is 13.0. The van der Waals surface area contributed by atoms with E-state index in [0.717, 1.165) is 8.95 Å².